The second-order valence-corrected chi connectivity index (χ2v) is 10.3. The lowest BCUT2D eigenvalue weighted by molar-refractivity contribution is -0.109. The molecule has 6 nitrogen and oxygen atoms in total. The van der Waals surface area contributed by atoms with Crippen LogP contribution in [-0.4, -0.2) is 57.5 Å². The van der Waals surface area contributed by atoms with Crippen molar-refractivity contribution >= 4 is 23.1 Å². The van der Waals surface area contributed by atoms with E-state index >= 15 is 0 Å². The highest BCUT2D eigenvalue weighted by Gasteiger charge is 2.56. The minimum Gasteiger partial charge on any atom is -0.357 e. The summed E-state index contributed by atoms with van der Waals surface area (Å²) in [7, 11) is 0. The number of aromatic nitrogens is 3. The molecule has 7 heteroatoms. The molecule has 1 N–H and O–H groups in total. The highest BCUT2D eigenvalue weighted by Crippen LogP contribution is 2.50. The van der Waals surface area contributed by atoms with Crippen LogP contribution in [0.4, 0.5) is 10.3 Å². The van der Waals surface area contributed by atoms with Gasteiger partial charge in [-0.2, -0.15) is 0 Å². The van der Waals surface area contributed by atoms with E-state index in [1.165, 1.54) is 22.2 Å². The van der Waals surface area contributed by atoms with Gasteiger partial charge in [0.1, 0.15) is 12.0 Å². The van der Waals surface area contributed by atoms with E-state index in [1.807, 2.05) is 19.9 Å². The Labute approximate surface area is 207 Å². The average molecular weight is 480 g/mol. The summed E-state index contributed by atoms with van der Waals surface area (Å²) < 4.78 is 13.9. The molecule has 3 aliphatic rings. The van der Waals surface area contributed by atoms with Crippen molar-refractivity contribution < 1.29 is 9.18 Å². The van der Waals surface area contributed by atoms with Gasteiger partial charge in [-0.15, -0.1) is 0 Å². The van der Waals surface area contributed by atoms with Gasteiger partial charge in [0.2, 0.25) is 5.95 Å². The van der Waals surface area contributed by atoms with Crippen molar-refractivity contribution in [1.29, 1.82) is 0 Å². The van der Waals surface area contributed by atoms with E-state index in [2.05, 4.69) is 55.9 Å². The van der Waals surface area contributed by atoms with E-state index in [0.29, 0.717) is 30.3 Å². The molecule has 3 atom stereocenters. The summed E-state index contributed by atoms with van der Waals surface area (Å²) in [6.45, 7) is 12.7. The summed E-state index contributed by atoms with van der Waals surface area (Å²) >= 11 is 0. The maximum atomic E-state index is 13.9. The number of benzene rings is 1. The first-order chi connectivity index (χ1) is 16.8. The van der Waals surface area contributed by atoms with Crippen LogP contribution in [0.3, 0.4) is 0 Å². The number of carbonyl (C=O) groups excluding carboxylic acids is 1. The molecule has 0 amide bonds. The molecule has 4 heterocycles. The van der Waals surface area contributed by atoms with Crippen molar-refractivity contribution in [3.63, 3.8) is 0 Å². The van der Waals surface area contributed by atoms with Gasteiger partial charge >= 0.3 is 0 Å². The predicted molar refractivity (Wildman–Crippen MR) is 139 cm³/mol. The third-order valence-electron chi connectivity index (χ3n) is 7.22. The van der Waals surface area contributed by atoms with Gasteiger partial charge in [-0.3, -0.25) is 4.90 Å². The van der Waals surface area contributed by atoms with Gasteiger partial charge in [0.25, 0.3) is 0 Å². The van der Waals surface area contributed by atoms with Crippen molar-refractivity contribution in [2.24, 2.45) is 17.8 Å². The quantitative estimate of drug-likeness (QED) is 0.531. The molecular formula is C28H38FN5O. The van der Waals surface area contributed by atoms with E-state index in [4.69, 9.17) is 0 Å². The van der Waals surface area contributed by atoms with Gasteiger partial charge in [-0.25, -0.2) is 14.4 Å². The molecule has 0 spiro atoms. The zero-order valence-electron chi connectivity index (χ0n) is 21.5. The number of para-hydroxylation sites is 1. The topological polar surface area (TPSA) is 65.1 Å². The Morgan fingerprint density at radius 2 is 1.77 bits per heavy atom. The summed E-state index contributed by atoms with van der Waals surface area (Å²) in [5.41, 5.74) is 2.72. The number of anilines is 1. The number of carbonyl (C=O) groups is 1. The number of alkyl halides is 1. The molecule has 1 aromatic carbocycles. The van der Waals surface area contributed by atoms with Crippen molar-refractivity contribution in [2.45, 2.75) is 59.3 Å². The standard InChI is InChI=1S/C16H21FN2.C10H11N3O.C2H6/c1-11-8-13-12-6-4-5-7-14(12)18-15(13)9-19(11)10-16(2,3)17;14-6-9-7-4-13(5-8(7)9)10-11-2-1-3-12-10;1-2/h4-7,11,18H,8-10H2,1-3H3;1-3,6-9H,4-5H2;1-2H3. The van der Waals surface area contributed by atoms with Crippen molar-refractivity contribution in [3.05, 3.63) is 54.0 Å². The van der Waals surface area contributed by atoms with Crippen LogP contribution in [0, 0.1) is 17.8 Å². The average Bonchev–Trinajstić information content (AvgIpc) is 3.15. The number of H-pyrrole nitrogens is 1. The highest BCUT2D eigenvalue weighted by molar-refractivity contribution is 5.84. The molecule has 2 fully saturated rings. The Kier molecular flexibility index (Phi) is 7.55. The van der Waals surface area contributed by atoms with E-state index in [9.17, 15) is 9.18 Å². The van der Waals surface area contributed by atoms with Gasteiger partial charge in [0.15, 0.2) is 0 Å². The van der Waals surface area contributed by atoms with Gasteiger partial charge in [-0.05, 0) is 56.7 Å². The first-order valence-corrected chi connectivity index (χ1v) is 12.8. The minimum atomic E-state index is -1.14. The molecule has 2 aromatic heterocycles. The van der Waals surface area contributed by atoms with Gasteiger partial charge < -0.3 is 14.7 Å². The number of aldehydes is 1. The number of hydrogen-bond donors (Lipinski definition) is 1. The Hall–Kier alpha value is -2.80. The SMILES string of the molecule is CC.CC1Cc2c([nH]c3ccccc23)CN1CC(C)(C)F.O=CC1C2CN(c3ncccn3)CC12. The lowest BCUT2D eigenvalue weighted by Crippen LogP contribution is -2.44. The second-order valence-electron chi connectivity index (χ2n) is 10.3. The number of hydrogen-bond acceptors (Lipinski definition) is 5. The normalized spacial score (nSPS) is 25.0. The van der Waals surface area contributed by atoms with Crippen LogP contribution in [0.2, 0.25) is 0 Å². The molecule has 1 saturated carbocycles. The van der Waals surface area contributed by atoms with Gasteiger partial charge in [0, 0.05) is 67.1 Å². The Morgan fingerprint density at radius 3 is 2.40 bits per heavy atom. The molecule has 0 radical (unpaired) electrons. The van der Waals surface area contributed by atoms with Crippen LogP contribution >= 0.6 is 0 Å². The third kappa shape index (κ3) is 5.56. The molecule has 3 aromatic rings. The van der Waals surface area contributed by atoms with Crippen LogP contribution in [0.5, 0.6) is 0 Å². The molecule has 6 rings (SSSR count). The zero-order chi connectivity index (χ0) is 25.2. The van der Waals surface area contributed by atoms with E-state index in [0.717, 1.165) is 38.3 Å². The summed E-state index contributed by atoms with van der Waals surface area (Å²) in [5.74, 6) is 2.24. The summed E-state index contributed by atoms with van der Waals surface area (Å²) in [6.07, 6.45) is 5.60. The molecule has 3 unspecified atom stereocenters. The lowest BCUT2D eigenvalue weighted by atomic mass is 9.96. The summed E-state index contributed by atoms with van der Waals surface area (Å²) in [6, 6.07) is 10.6. The van der Waals surface area contributed by atoms with Crippen LogP contribution in [0.25, 0.3) is 10.9 Å². The van der Waals surface area contributed by atoms with Crippen molar-refractivity contribution in [1.82, 2.24) is 19.9 Å². The lowest BCUT2D eigenvalue weighted by Gasteiger charge is -2.36. The second kappa shape index (κ2) is 10.4. The summed E-state index contributed by atoms with van der Waals surface area (Å²) in [5, 5.41) is 1.32. The number of fused-ring (bicyclic) bond motifs is 4. The van der Waals surface area contributed by atoms with Crippen LogP contribution in [0.15, 0.2) is 42.7 Å². The monoisotopic (exact) mass is 479 g/mol. The van der Waals surface area contributed by atoms with Crippen LogP contribution in [-0.2, 0) is 17.8 Å². The fraction of sp³-hybridized carbons (Fsp3) is 0.536. The summed E-state index contributed by atoms with van der Waals surface area (Å²) in [4.78, 5) is 26.8. The van der Waals surface area contributed by atoms with E-state index in [-0.39, 0.29) is 0 Å². The Morgan fingerprint density at radius 1 is 1.11 bits per heavy atom. The smallest absolute Gasteiger partial charge is 0.225 e. The fourth-order valence-electron chi connectivity index (χ4n) is 5.49. The predicted octanol–water partition coefficient (Wildman–Crippen LogP) is 5.05. The molecule has 1 aliphatic carbocycles. The molecule has 0 bridgehead atoms. The first kappa shape index (κ1) is 25.3. The third-order valence-corrected chi connectivity index (χ3v) is 7.22. The molecule has 1 saturated heterocycles. The maximum Gasteiger partial charge on any atom is 0.225 e. The molecule has 35 heavy (non-hydrogen) atoms. The number of nitrogens with zero attached hydrogens (tertiary/aromatic N) is 4. The first-order valence-electron chi connectivity index (χ1n) is 12.8. The fourth-order valence-corrected chi connectivity index (χ4v) is 5.49. The van der Waals surface area contributed by atoms with E-state index < -0.39 is 5.67 Å². The highest BCUT2D eigenvalue weighted by atomic mass is 19.1. The van der Waals surface area contributed by atoms with Gasteiger partial charge in [-0.1, -0.05) is 32.0 Å². The zero-order valence-corrected chi connectivity index (χ0v) is 21.5. The number of halogens is 1. The van der Waals surface area contributed by atoms with E-state index in [1.54, 1.807) is 26.2 Å². The minimum absolute atomic E-state index is 0.315. The largest absolute Gasteiger partial charge is 0.357 e. The maximum absolute atomic E-state index is 13.9. The van der Waals surface area contributed by atoms with Crippen molar-refractivity contribution in [3.8, 4) is 0 Å². The number of aromatic amines is 1. The van der Waals surface area contributed by atoms with Gasteiger partial charge in [0.05, 0.1) is 0 Å². The van der Waals surface area contributed by atoms with Crippen LogP contribution < -0.4 is 4.90 Å². The Balaban J connectivity index is 0.000000160. The number of nitrogens with one attached hydrogen (secondary N) is 1. The molecule has 188 valence electrons. The van der Waals surface area contributed by atoms with Crippen molar-refractivity contribution in [2.75, 3.05) is 24.5 Å². The molecule has 2 aliphatic heterocycles. The van der Waals surface area contributed by atoms with Crippen LogP contribution in [0.1, 0.15) is 45.9 Å². The number of piperidine rings is 1. The number of rotatable bonds is 4. The Bertz CT molecular complexity index is 1110. The molecular weight excluding hydrogens is 441 g/mol.